The highest BCUT2D eigenvalue weighted by Crippen LogP contribution is 2.20. The summed E-state index contributed by atoms with van der Waals surface area (Å²) >= 11 is 5.68. The van der Waals surface area contributed by atoms with Crippen molar-refractivity contribution in [2.45, 2.75) is 12.3 Å². The van der Waals surface area contributed by atoms with E-state index in [1.807, 2.05) is 24.3 Å². The minimum atomic E-state index is -0.546. The van der Waals surface area contributed by atoms with Crippen LogP contribution in [0.15, 0.2) is 34.7 Å². The summed E-state index contributed by atoms with van der Waals surface area (Å²) in [4.78, 5) is 11.5. The zero-order chi connectivity index (χ0) is 10.1. The molecule has 0 radical (unpaired) electrons. The molecule has 1 heterocycles. The lowest BCUT2D eigenvalue weighted by atomic mass is 10.2. The van der Waals surface area contributed by atoms with Gasteiger partial charge in [-0.25, -0.2) is 0 Å². The molecular weight excluding hydrogens is 200 g/mol. The molecule has 0 amide bonds. The lowest BCUT2D eigenvalue weighted by molar-refractivity contribution is 0.0967. The largest absolute Gasteiger partial charge is 0.453 e. The number of Topliss-reactive ketones (excluding diaryl/α,β-unsaturated/α-hetero) is 1. The van der Waals surface area contributed by atoms with Crippen molar-refractivity contribution in [3.63, 3.8) is 0 Å². The summed E-state index contributed by atoms with van der Waals surface area (Å²) in [6.45, 7) is 1.64. The average Bonchev–Trinajstić information content (AvgIpc) is 2.59. The molecule has 0 N–H and O–H groups in total. The van der Waals surface area contributed by atoms with Crippen LogP contribution in [0.5, 0.6) is 0 Å². The summed E-state index contributed by atoms with van der Waals surface area (Å²) in [7, 11) is 0. The van der Waals surface area contributed by atoms with Crippen LogP contribution in [0.3, 0.4) is 0 Å². The normalized spacial score (nSPS) is 13.0. The number of rotatable bonds is 2. The predicted molar refractivity (Wildman–Crippen MR) is 55.9 cm³/mol. The number of para-hydroxylation sites is 1. The highest BCUT2D eigenvalue weighted by atomic mass is 35.5. The first-order valence-corrected chi connectivity index (χ1v) is 4.79. The minimum Gasteiger partial charge on any atom is -0.453 e. The Balaban J connectivity index is 2.50. The van der Waals surface area contributed by atoms with Gasteiger partial charge in [-0.1, -0.05) is 18.2 Å². The third kappa shape index (κ3) is 1.53. The van der Waals surface area contributed by atoms with Crippen molar-refractivity contribution in [2.75, 3.05) is 0 Å². The Morgan fingerprint density at radius 1 is 1.43 bits per heavy atom. The van der Waals surface area contributed by atoms with Gasteiger partial charge >= 0.3 is 0 Å². The number of halogens is 1. The van der Waals surface area contributed by atoms with Crippen molar-refractivity contribution < 1.29 is 9.21 Å². The SMILES string of the molecule is CC(Cl)C(=O)c1cc2ccccc2o1. The van der Waals surface area contributed by atoms with E-state index in [1.54, 1.807) is 13.0 Å². The Hall–Kier alpha value is -1.28. The molecule has 1 aromatic carbocycles. The van der Waals surface area contributed by atoms with Gasteiger partial charge in [0.15, 0.2) is 5.76 Å². The van der Waals surface area contributed by atoms with E-state index in [9.17, 15) is 4.79 Å². The Bertz CT molecular complexity index is 438. The fourth-order valence-electron chi connectivity index (χ4n) is 1.30. The van der Waals surface area contributed by atoms with Crippen molar-refractivity contribution in [3.05, 3.63) is 36.1 Å². The van der Waals surface area contributed by atoms with Gasteiger partial charge in [-0.2, -0.15) is 0 Å². The molecule has 3 heteroatoms. The van der Waals surface area contributed by atoms with Crippen LogP contribution in [0.4, 0.5) is 0 Å². The van der Waals surface area contributed by atoms with Crippen LogP contribution < -0.4 is 0 Å². The molecule has 1 unspecified atom stereocenters. The van der Waals surface area contributed by atoms with Crippen LogP contribution in [0.2, 0.25) is 0 Å². The van der Waals surface area contributed by atoms with Gasteiger partial charge in [0.1, 0.15) is 5.58 Å². The van der Waals surface area contributed by atoms with Crippen LogP contribution in [0.1, 0.15) is 17.5 Å². The number of carbonyl (C=O) groups excluding carboxylic acids is 1. The molecule has 2 aromatic rings. The molecule has 0 saturated carbocycles. The molecular formula is C11H9ClO2. The quantitative estimate of drug-likeness (QED) is 0.560. The first kappa shape index (κ1) is 9.28. The number of fused-ring (bicyclic) bond motifs is 1. The first-order valence-electron chi connectivity index (χ1n) is 4.35. The monoisotopic (exact) mass is 208 g/mol. The predicted octanol–water partition coefficient (Wildman–Crippen LogP) is 3.24. The van der Waals surface area contributed by atoms with Gasteiger partial charge in [0.05, 0.1) is 5.38 Å². The average molecular weight is 209 g/mol. The summed E-state index contributed by atoms with van der Waals surface area (Å²) in [5.41, 5.74) is 0.716. The number of furan rings is 1. The maximum Gasteiger partial charge on any atom is 0.215 e. The van der Waals surface area contributed by atoms with Crippen LogP contribution in [-0.4, -0.2) is 11.2 Å². The van der Waals surface area contributed by atoms with E-state index in [4.69, 9.17) is 16.0 Å². The molecule has 0 spiro atoms. The second-order valence-electron chi connectivity index (χ2n) is 3.13. The number of hydrogen-bond donors (Lipinski definition) is 0. The fraction of sp³-hybridized carbons (Fsp3) is 0.182. The van der Waals surface area contributed by atoms with E-state index in [0.717, 1.165) is 5.39 Å². The summed E-state index contributed by atoms with van der Waals surface area (Å²) in [6, 6.07) is 9.20. The molecule has 0 fully saturated rings. The van der Waals surface area contributed by atoms with Crippen LogP contribution in [0.25, 0.3) is 11.0 Å². The Kier molecular flexibility index (Phi) is 2.30. The highest BCUT2D eigenvalue weighted by Gasteiger charge is 2.16. The number of hydrogen-bond acceptors (Lipinski definition) is 2. The Morgan fingerprint density at radius 3 is 2.79 bits per heavy atom. The maximum absolute atomic E-state index is 11.5. The zero-order valence-electron chi connectivity index (χ0n) is 7.66. The summed E-state index contributed by atoms with van der Waals surface area (Å²) in [6.07, 6.45) is 0. The van der Waals surface area contributed by atoms with Crippen LogP contribution in [0, 0.1) is 0 Å². The molecule has 2 nitrogen and oxygen atoms in total. The van der Waals surface area contributed by atoms with E-state index in [2.05, 4.69) is 0 Å². The fourth-order valence-corrected chi connectivity index (χ4v) is 1.41. The van der Waals surface area contributed by atoms with Gasteiger partial charge in [0, 0.05) is 5.39 Å². The van der Waals surface area contributed by atoms with Crippen molar-refractivity contribution in [3.8, 4) is 0 Å². The van der Waals surface area contributed by atoms with E-state index in [1.165, 1.54) is 0 Å². The Labute approximate surface area is 86.5 Å². The van der Waals surface area contributed by atoms with Crippen molar-refractivity contribution in [1.29, 1.82) is 0 Å². The smallest absolute Gasteiger partial charge is 0.215 e. The molecule has 0 bridgehead atoms. The third-order valence-electron chi connectivity index (χ3n) is 2.03. The van der Waals surface area contributed by atoms with E-state index >= 15 is 0 Å². The lowest BCUT2D eigenvalue weighted by Gasteiger charge is -1.95. The van der Waals surface area contributed by atoms with Crippen molar-refractivity contribution >= 4 is 28.4 Å². The van der Waals surface area contributed by atoms with Crippen molar-refractivity contribution in [1.82, 2.24) is 0 Å². The summed E-state index contributed by atoms with van der Waals surface area (Å²) < 4.78 is 5.36. The Morgan fingerprint density at radius 2 is 2.14 bits per heavy atom. The van der Waals surface area contributed by atoms with Gasteiger partial charge in [0.2, 0.25) is 5.78 Å². The molecule has 2 rings (SSSR count). The standard InChI is InChI=1S/C11H9ClO2/c1-7(12)11(13)10-6-8-4-2-3-5-9(8)14-10/h2-7H,1H3. The van der Waals surface area contributed by atoms with Gasteiger partial charge in [0.25, 0.3) is 0 Å². The lowest BCUT2D eigenvalue weighted by Crippen LogP contribution is -2.08. The topological polar surface area (TPSA) is 30.2 Å². The summed E-state index contributed by atoms with van der Waals surface area (Å²) in [5.74, 6) is 0.150. The summed E-state index contributed by atoms with van der Waals surface area (Å²) in [5, 5.41) is 0.378. The van der Waals surface area contributed by atoms with E-state index in [-0.39, 0.29) is 5.78 Å². The first-order chi connectivity index (χ1) is 6.68. The molecule has 0 aliphatic heterocycles. The van der Waals surface area contributed by atoms with Crippen molar-refractivity contribution in [2.24, 2.45) is 0 Å². The second-order valence-corrected chi connectivity index (χ2v) is 3.78. The molecule has 0 saturated heterocycles. The van der Waals surface area contributed by atoms with Crippen LogP contribution >= 0.6 is 11.6 Å². The van der Waals surface area contributed by atoms with Gasteiger partial charge in [-0.3, -0.25) is 4.79 Å². The van der Waals surface area contributed by atoms with Gasteiger partial charge in [-0.15, -0.1) is 11.6 Å². The highest BCUT2D eigenvalue weighted by molar-refractivity contribution is 6.33. The number of benzene rings is 1. The minimum absolute atomic E-state index is 0.178. The number of alkyl halides is 1. The maximum atomic E-state index is 11.5. The molecule has 1 aromatic heterocycles. The number of ketones is 1. The van der Waals surface area contributed by atoms with Crippen LogP contribution in [-0.2, 0) is 0 Å². The molecule has 14 heavy (non-hydrogen) atoms. The molecule has 0 aliphatic rings. The third-order valence-corrected chi connectivity index (χ3v) is 2.23. The van der Waals surface area contributed by atoms with E-state index < -0.39 is 5.38 Å². The number of carbonyl (C=O) groups is 1. The van der Waals surface area contributed by atoms with Gasteiger partial charge in [-0.05, 0) is 19.1 Å². The zero-order valence-corrected chi connectivity index (χ0v) is 8.41. The molecule has 72 valence electrons. The second kappa shape index (κ2) is 3.46. The van der Waals surface area contributed by atoms with E-state index in [0.29, 0.717) is 11.3 Å². The molecule has 0 aliphatic carbocycles. The molecule has 1 atom stereocenters. The van der Waals surface area contributed by atoms with Gasteiger partial charge < -0.3 is 4.42 Å².